The van der Waals surface area contributed by atoms with Crippen LogP contribution in [0.2, 0.25) is 0 Å². The second kappa shape index (κ2) is 10.6. The number of nitrogens with one attached hydrogen (secondary N) is 2. The number of phenolic OH excluding ortho intramolecular Hbond substituents is 1. The number of halogens is 1. The van der Waals surface area contributed by atoms with E-state index in [1.807, 2.05) is 53.6 Å². The lowest BCUT2D eigenvalue weighted by molar-refractivity contribution is -0.116. The Bertz CT molecular complexity index is 1490. The molecule has 1 aliphatic rings. The van der Waals surface area contributed by atoms with Gasteiger partial charge in [-0.1, -0.05) is 30.3 Å². The molecule has 4 aromatic rings. The molecule has 1 amide bonds. The van der Waals surface area contributed by atoms with E-state index < -0.39 is 5.82 Å². The van der Waals surface area contributed by atoms with E-state index in [1.165, 1.54) is 12.1 Å². The highest BCUT2D eigenvalue weighted by molar-refractivity contribution is 7.80. The van der Waals surface area contributed by atoms with Gasteiger partial charge < -0.3 is 25.2 Å². The highest BCUT2D eigenvalue weighted by atomic mass is 32.1. The number of aromatic nitrogens is 2. The van der Waals surface area contributed by atoms with E-state index in [2.05, 4.69) is 21.7 Å². The summed E-state index contributed by atoms with van der Waals surface area (Å²) in [6.45, 7) is 4.32. The van der Waals surface area contributed by atoms with Gasteiger partial charge in [0.05, 0.1) is 29.2 Å². The summed E-state index contributed by atoms with van der Waals surface area (Å²) < 4.78 is 16.1. The number of rotatable bonds is 7. The molecule has 0 bridgehead atoms. The van der Waals surface area contributed by atoms with Gasteiger partial charge in [-0.2, -0.15) is 0 Å². The number of phenols is 1. The lowest BCUT2D eigenvalue weighted by atomic mass is 9.96. The Hall–Kier alpha value is -4.24. The van der Waals surface area contributed by atoms with Gasteiger partial charge in [0.25, 0.3) is 0 Å². The molecule has 0 aliphatic carbocycles. The average Bonchev–Trinajstić information content (AvgIpc) is 3.39. The first-order valence-corrected chi connectivity index (χ1v) is 12.8. The molecule has 2 atom stereocenters. The number of aryl methyl sites for hydroxylation is 1. The van der Waals surface area contributed by atoms with Crippen LogP contribution in [0.5, 0.6) is 5.75 Å². The molecule has 3 N–H and O–H groups in total. The number of nitrogens with zero attached hydrogens (tertiary/aromatic N) is 3. The van der Waals surface area contributed by atoms with E-state index in [0.717, 1.165) is 22.6 Å². The van der Waals surface area contributed by atoms with Crippen molar-refractivity contribution in [1.29, 1.82) is 0 Å². The predicted molar refractivity (Wildman–Crippen MR) is 149 cm³/mol. The maximum Gasteiger partial charge on any atom is 0.226 e. The van der Waals surface area contributed by atoms with Gasteiger partial charge in [-0.05, 0) is 74.1 Å². The lowest BCUT2D eigenvalue weighted by Crippen LogP contribution is -2.33. The lowest BCUT2D eigenvalue weighted by Gasteiger charge is -2.28. The number of benzene rings is 2. The van der Waals surface area contributed by atoms with Crippen LogP contribution in [0.25, 0.3) is 5.69 Å². The summed E-state index contributed by atoms with van der Waals surface area (Å²) >= 11 is 5.74. The Morgan fingerprint density at radius 2 is 1.84 bits per heavy atom. The van der Waals surface area contributed by atoms with Crippen LogP contribution in [-0.4, -0.2) is 37.1 Å². The normalized spacial score (nSPS) is 16.9. The highest BCUT2D eigenvalue weighted by Crippen LogP contribution is 2.42. The van der Waals surface area contributed by atoms with Crippen molar-refractivity contribution in [3.63, 3.8) is 0 Å². The maximum atomic E-state index is 14.0. The van der Waals surface area contributed by atoms with Crippen LogP contribution < -0.4 is 10.6 Å². The van der Waals surface area contributed by atoms with E-state index in [-0.39, 0.29) is 35.8 Å². The number of aromatic hydroxyl groups is 1. The van der Waals surface area contributed by atoms with Crippen molar-refractivity contribution in [3.05, 3.63) is 107 Å². The molecule has 1 fully saturated rings. The number of para-hydroxylation sites is 3. The second-order valence-electron chi connectivity index (χ2n) is 9.25. The van der Waals surface area contributed by atoms with Crippen LogP contribution in [-0.2, 0) is 4.79 Å². The summed E-state index contributed by atoms with van der Waals surface area (Å²) in [6.07, 6.45) is 1.85. The molecule has 38 heavy (non-hydrogen) atoms. The molecule has 3 heterocycles. The van der Waals surface area contributed by atoms with Crippen LogP contribution in [0, 0.1) is 19.7 Å². The molecule has 194 valence electrons. The topological polar surface area (TPSA) is 82.4 Å². The first-order valence-electron chi connectivity index (χ1n) is 12.3. The van der Waals surface area contributed by atoms with Crippen molar-refractivity contribution in [2.45, 2.75) is 32.4 Å². The number of amides is 1. The zero-order valence-electron chi connectivity index (χ0n) is 21.1. The Labute approximate surface area is 225 Å². The Balaban J connectivity index is 1.48. The van der Waals surface area contributed by atoms with Gasteiger partial charge in [0.2, 0.25) is 5.91 Å². The summed E-state index contributed by atoms with van der Waals surface area (Å²) in [6, 6.07) is 20.6. The molecule has 2 unspecified atom stereocenters. The fraction of sp³-hybridized carbons (Fsp3) is 0.207. The molecule has 2 aromatic carbocycles. The van der Waals surface area contributed by atoms with Crippen LogP contribution in [0.3, 0.4) is 0 Å². The largest absolute Gasteiger partial charge is 0.506 e. The number of hydrogen-bond acceptors (Lipinski definition) is 4. The summed E-state index contributed by atoms with van der Waals surface area (Å²) in [7, 11) is 0. The van der Waals surface area contributed by atoms with Gasteiger partial charge in [-0.3, -0.25) is 9.78 Å². The van der Waals surface area contributed by atoms with E-state index in [0.29, 0.717) is 17.3 Å². The summed E-state index contributed by atoms with van der Waals surface area (Å²) in [4.78, 5) is 19.3. The zero-order chi connectivity index (χ0) is 26.8. The first-order chi connectivity index (χ1) is 18.3. The van der Waals surface area contributed by atoms with Gasteiger partial charge in [0.15, 0.2) is 5.11 Å². The average molecular weight is 530 g/mol. The van der Waals surface area contributed by atoms with Crippen LogP contribution >= 0.6 is 12.2 Å². The van der Waals surface area contributed by atoms with E-state index in [1.54, 1.807) is 30.5 Å². The summed E-state index contributed by atoms with van der Waals surface area (Å²) in [5.41, 5.74) is 4.56. The molecule has 2 aromatic heterocycles. The third-order valence-corrected chi connectivity index (χ3v) is 7.19. The van der Waals surface area contributed by atoms with Crippen molar-refractivity contribution in [1.82, 2.24) is 19.8 Å². The van der Waals surface area contributed by atoms with Crippen LogP contribution in [0.1, 0.15) is 41.1 Å². The molecule has 1 saturated heterocycles. The molecular weight excluding hydrogens is 501 g/mol. The van der Waals surface area contributed by atoms with Gasteiger partial charge in [-0.25, -0.2) is 4.39 Å². The van der Waals surface area contributed by atoms with Crippen molar-refractivity contribution < 1.29 is 14.3 Å². The molecule has 5 rings (SSSR count). The smallest absolute Gasteiger partial charge is 0.226 e. The highest BCUT2D eigenvalue weighted by Gasteiger charge is 2.41. The van der Waals surface area contributed by atoms with Gasteiger partial charge in [-0.15, -0.1) is 0 Å². The zero-order valence-corrected chi connectivity index (χ0v) is 21.9. The Morgan fingerprint density at radius 3 is 2.58 bits per heavy atom. The molecule has 0 radical (unpaired) electrons. The third-order valence-electron chi connectivity index (χ3n) is 6.84. The van der Waals surface area contributed by atoms with Crippen molar-refractivity contribution >= 4 is 28.9 Å². The monoisotopic (exact) mass is 529 g/mol. The molecule has 1 aliphatic heterocycles. The predicted octanol–water partition coefficient (Wildman–Crippen LogP) is 5.34. The molecule has 9 heteroatoms. The number of pyridine rings is 1. The minimum absolute atomic E-state index is 0.111. The summed E-state index contributed by atoms with van der Waals surface area (Å²) in [5.74, 6) is -0.606. The number of carbonyl (C=O) groups is 1. The standard InChI is InChI=1S/C29H28FN5O2S/c1-18-17-20(19(2)35(18)24-12-5-6-13-25(24)36)28-27(23-11-7-8-15-31-23)33-29(38)34(28)16-14-26(37)32-22-10-4-3-9-21(22)30/h3-13,15,17,27-28,36H,14,16H2,1-2H3,(H,32,37)(H,33,38). The SMILES string of the molecule is Cc1cc(C2C(c3ccccn3)NC(=S)N2CCC(=O)Nc2ccccc2F)c(C)n1-c1ccccc1O. The molecule has 7 nitrogen and oxygen atoms in total. The van der Waals surface area contributed by atoms with Crippen LogP contribution in [0.15, 0.2) is 79.0 Å². The van der Waals surface area contributed by atoms with Crippen molar-refractivity contribution in [3.8, 4) is 11.4 Å². The fourth-order valence-corrected chi connectivity index (χ4v) is 5.42. The minimum Gasteiger partial charge on any atom is -0.506 e. The quantitative estimate of drug-likeness (QED) is 0.281. The number of anilines is 1. The van der Waals surface area contributed by atoms with Crippen molar-refractivity contribution in [2.24, 2.45) is 0 Å². The van der Waals surface area contributed by atoms with Gasteiger partial charge in [0, 0.05) is 30.6 Å². The van der Waals surface area contributed by atoms with Crippen LogP contribution in [0.4, 0.5) is 10.1 Å². The van der Waals surface area contributed by atoms with E-state index in [4.69, 9.17) is 12.2 Å². The Kier molecular flexibility index (Phi) is 7.11. The minimum atomic E-state index is -0.482. The molecular formula is C29H28FN5O2S. The number of thiocarbonyl (C=S) groups is 1. The molecule has 0 saturated carbocycles. The second-order valence-corrected chi connectivity index (χ2v) is 9.64. The number of carbonyl (C=O) groups excluding carboxylic acids is 1. The van der Waals surface area contributed by atoms with E-state index in [9.17, 15) is 14.3 Å². The van der Waals surface area contributed by atoms with Crippen molar-refractivity contribution in [2.75, 3.05) is 11.9 Å². The molecule has 0 spiro atoms. The van der Waals surface area contributed by atoms with Gasteiger partial charge in [0.1, 0.15) is 11.6 Å². The van der Waals surface area contributed by atoms with E-state index >= 15 is 0 Å². The fourth-order valence-electron chi connectivity index (χ4n) is 5.09. The Morgan fingerprint density at radius 1 is 1.11 bits per heavy atom. The summed E-state index contributed by atoms with van der Waals surface area (Å²) in [5, 5.41) is 17.1. The first kappa shape index (κ1) is 25.4. The van der Waals surface area contributed by atoms with Gasteiger partial charge >= 0.3 is 0 Å². The maximum absolute atomic E-state index is 14.0. The third kappa shape index (κ3) is 4.84. The number of hydrogen-bond donors (Lipinski definition) is 3.